The molecular formula is C16H23N3O4S2. The second kappa shape index (κ2) is 7.74. The van der Waals surface area contributed by atoms with Crippen LogP contribution < -0.4 is 5.73 Å². The zero-order valence-corrected chi connectivity index (χ0v) is 16.2. The van der Waals surface area contributed by atoms with Crippen molar-refractivity contribution in [3.05, 3.63) is 22.9 Å². The van der Waals surface area contributed by atoms with Gasteiger partial charge in [-0.3, -0.25) is 9.59 Å². The zero-order valence-electron chi connectivity index (χ0n) is 14.6. The molecule has 1 atom stereocenters. The first-order chi connectivity index (χ1) is 11.6. The van der Waals surface area contributed by atoms with Crippen LogP contribution >= 0.6 is 11.8 Å². The lowest BCUT2D eigenvalue weighted by Crippen LogP contribution is -2.42. The second-order valence-electron chi connectivity index (χ2n) is 6.15. The van der Waals surface area contributed by atoms with E-state index in [0.29, 0.717) is 23.6 Å². The minimum absolute atomic E-state index is 0.0194. The highest BCUT2D eigenvalue weighted by Crippen LogP contribution is 2.25. The van der Waals surface area contributed by atoms with Crippen molar-refractivity contribution in [1.82, 2.24) is 9.88 Å². The van der Waals surface area contributed by atoms with Gasteiger partial charge in [-0.25, -0.2) is 13.4 Å². The Morgan fingerprint density at radius 3 is 2.60 bits per heavy atom. The summed E-state index contributed by atoms with van der Waals surface area (Å²) in [7, 11) is -3.05. The summed E-state index contributed by atoms with van der Waals surface area (Å²) < 4.78 is 23.3. The fourth-order valence-electron chi connectivity index (χ4n) is 3.08. The average molecular weight is 386 g/mol. The maximum atomic E-state index is 12.6. The summed E-state index contributed by atoms with van der Waals surface area (Å²) >= 11 is 1.16. The highest BCUT2D eigenvalue weighted by atomic mass is 32.2. The van der Waals surface area contributed by atoms with Gasteiger partial charge in [0.25, 0.3) is 5.91 Å². The quantitative estimate of drug-likeness (QED) is 0.729. The molecular weight excluding hydrogens is 362 g/mol. The highest BCUT2D eigenvalue weighted by molar-refractivity contribution is 8.00. The van der Waals surface area contributed by atoms with E-state index in [9.17, 15) is 18.0 Å². The van der Waals surface area contributed by atoms with Crippen molar-refractivity contribution in [3.8, 4) is 0 Å². The van der Waals surface area contributed by atoms with E-state index in [-0.39, 0.29) is 29.2 Å². The molecule has 1 aromatic rings. The van der Waals surface area contributed by atoms with Crippen molar-refractivity contribution in [3.63, 3.8) is 0 Å². The van der Waals surface area contributed by atoms with Gasteiger partial charge in [0.15, 0.2) is 9.84 Å². The van der Waals surface area contributed by atoms with Gasteiger partial charge >= 0.3 is 0 Å². The number of amides is 2. The van der Waals surface area contributed by atoms with Gasteiger partial charge in [-0.1, -0.05) is 11.8 Å². The summed E-state index contributed by atoms with van der Waals surface area (Å²) in [4.78, 5) is 30.2. The van der Waals surface area contributed by atoms with Crippen molar-refractivity contribution < 1.29 is 18.0 Å². The lowest BCUT2D eigenvalue weighted by atomic mass is 10.1. The van der Waals surface area contributed by atoms with Crippen molar-refractivity contribution in [1.29, 1.82) is 0 Å². The largest absolute Gasteiger partial charge is 0.366 e. The third-order valence-electron chi connectivity index (χ3n) is 4.20. The molecule has 1 saturated heterocycles. The second-order valence-corrected chi connectivity index (χ2v) is 9.34. The van der Waals surface area contributed by atoms with Crippen LogP contribution in [0.4, 0.5) is 0 Å². The average Bonchev–Trinajstić information content (AvgIpc) is 2.84. The molecule has 25 heavy (non-hydrogen) atoms. The molecule has 2 N–H and O–H groups in total. The van der Waals surface area contributed by atoms with Gasteiger partial charge in [0, 0.05) is 18.3 Å². The molecule has 138 valence electrons. The van der Waals surface area contributed by atoms with Crippen LogP contribution in [0, 0.1) is 13.8 Å². The number of aryl methyl sites for hydroxylation is 2. The van der Waals surface area contributed by atoms with Crippen LogP contribution in [-0.4, -0.2) is 60.0 Å². The molecule has 7 nitrogen and oxygen atoms in total. The van der Waals surface area contributed by atoms with Crippen LogP contribution in [0.15, 0.2) is 11.1 Å². The van der Waals surface area contributed by atoms with E-state index in [1.165, 1.54) is 0 Å². The lowest BCUT2D eigenvalue weighted by Gasteiger charge is -2.26. The van der Waals surface area contributed by atoms with E-state index in [0.717, 1.165) is 23.0 Å². The SMILES string of the molecule is CCN(C(=O)CSc1nc(C)cc(C)c1C(N)=O)C1CCS(=O)(=O)C1. The fourth-order valence-corrected chi connectivity index (χ4v) is 5.85. The first-order valence-electron chi connectivity index (χ1n) is 8.05. The number of hydrogen-bond acceptors (Lipinski definition) is 6. The smallest absolute Gasteiger partial charge is 0.251 e. The van der Waals surface area contributed by atoms with Gasteiger partial charge in [0.1, 0.15) is 5.03 Å². The number of primary amides is 1. The molecule has 2 heterocycles. The molecule has 1 unspecified atom stereocenters. The third kappa shape index (κ3) is 4.72. The number of nitrogens with zero attached hydrogens (tertiary/aromatic N) is 2. The highest BCUT2D eigenvalue weighted by Gasteiger charge is 2.33. The van der Waals surface area contributed by atoms with E-state index in [1.807, 2.05) is 13.8 Å². The number of carbonyl (C=O) groups is 2. The summed E-state index contributed by atoms with van der Waals surface area (Å²) in [5.41, 5.74) is 7.23. The molecule has 0 saturated carbocycles. The first kappa shape index (κ1) is 19.7. The number of thioether (sulfide) groups is 1. The third-order valence-corrected chi connectivity index (χ3v) is 6.91. The van der Waals surface area contributed by atoms with Gasteiger partial charge in [-0.05, 0) is 38.8 Å². The molecule has 0 aliphatic carbocycles. The van der Waals surface area contributed by atoms with E-state index >= 15 is 0 Å². The Morgan fingerprint density at radius 2 is 2.08 bits per heavy atom. The molecule has 0 bridgehead atoms. The van der Waals surface area contributed by atoms with Crippen molar-refractivity contribution >= 4 is 33.4 Å². The van der Waals surface area contributed by atoms with Crippen molar-refractivity contribution in [2.24, 2.45) is 5.73 Å². The summed E-state index contributed by atoms with van der Waals surface area (Å²) in [6.45, 7) is 5.87. The van der Waals surface area contributed by atoms with Crippen LogP contribution in [0.1, 0.15) is 35.0 Å². The standard InChI is InChI=1S/C16H23N3O4S2/c1-4-19(12-5-6-25(22,23)9-12)13(20)8-24-16-14(15(17)21)10(2)7-11(3)18-16/h7,12H,4-6,8-9H2,1-3H3,(H2,17,21). The topological polar surface area (TPSA) is 110 Å². The maximum Gasteiger partial charge on any atom is 0.251 e. The predicted octanol–water partition coefficient (Wildman–Crippen LogP) is 0.925. The Hall–Kier alpha value is -1.61. The number of nitrogens with two attached hydrogens (primary N) is 1. The number of aromatic nitrogens is 1. The molecule has 2 rings (SSSR count). The van der Waals surface area contributed by atoms with E-state index in [2.05, 4.69) is 4.98 Å². The van der Waals surface area contributed by atoms with Crippen molar-refractivity contribution in [2.75, 3.05) is 23.8 Å². The molecule has 1 aromatic heterocycles. The van der Waals surface area contributed by atoms with Crippen LogP contribution in [-0.2, 0) is 14.6 Å². The van der Waals surface area contributed by atoms with E-state index < -0.39 is 15.7 Å². The monoisotopic (exact) mass is 385 g/mol. The normalized spacial score (nSPS) is 18.9. The van der Waals surface area contributed by atoms with E-state index in [4.69, 9.17) is 5.73 Å². The van der Waals surface area contributed by atoms with E-state index in [1.54, 1.807) is 17.9 Å². The molecule has 0 spiro atoms. The van der Waals surface area contributed by atoms with Gasteiger partial charge < -0.3 is 10.6 Å². The Morgan fingerprint density at radius 1 is 1.40 bits per heavy atom. The Balaban J connectivity index is 2.12. The molecule has 1 fully saturated rings. The summed E-state index contributed by atoms with van der Waals surface area (Å²) in [5.74, 6) is -0.509. The van der Waals surface area contributed by atoms with Crippen molar-refractivity contribution in [2.45, 2.75) is 38.3 Å². The zero-order chi connectivity index (χ0) is 18.8. The number of pyridine rings is 1. The Kier molecular flexibility index (Phi) is 6.10. The number of rotatable bonds is 6. The first-order valence-corrected chi connectivity index (χ1v) is 10.9. The predicted molar refractivity (Wildman–Crippen MR) is 97.4 cm³/mol. The van der Waals surface area contributed by atoms with Crippen LogP contribution in [0.5, 0.6) is 0 Å². The molecule has 1 aliphatic rings. The van der Waals surface area contributed by atoms with Crippen LogP contribution in [0.3, 0.4) is 0 Å². The lowest BCUT2D eigenvalue weighted by molar-refractivity contribution is -0.129. The number of sulfone groups is 1. The molecule has 9 heteroatoms. The van der Waals surface area contributed by atoms with Gasteiger partial charge in [0.2, 0.25) is 5.91 Å². The van der Waals surface area contributed by atoms with Crippen LogP contribution in [0.25, 0.3) is 0 Å². The Bertz CT molecular complexity index is 793. The summed E-state index contributed by atoms with van der Waals surface area (Å²) in [5, 5.41) is 0.438. The number of carbonyl (C=O) groups excluding carboxylic acids is 2. The van der Waals surface area contributed by atoms with Gasteiger partial charge in [-0.2, -0.15) is 0 Å². The van der Waals surface area contributed by atoms with Crippen LogP contribution in [0.2, 0.25) is 0 Å². The molecule has 0 aromatic carbocycles. The molecule has 0 radical (unpaired) electrons. The van der Waals surface area contributed by atoms with Gasteiger partial charge in [0.05, 0.1) is 22.8 Å². The minimum Gasteiger partial charge on any atom is -0.366 e. The minimum atomic E-state index is -3.05. The Labute approximate surface area is 152 Å². The fraction of sp³-hybridized carbons (Fsp3) is 0.562. The molecule has 2 amide bonds. The maximum absolute atomic E-state index is 12.6. The summed E-state index contributed by atoms with van der Waals surface area (Å²) in [6, 6.07) is 1.50. The number of hydrogen-bond donors (Lipinski definition) is 1. The molecule has 1 aliphatic heterocycles. The van der Waals surface area contributed by atoms with Gasteiger partial charge in [-0.15, -0.1) is 0 Å². The summed E-state index contributed by atoms with van der Waals surface area (Å²) in [6.07, 6.45) is 0.473.